The molecule has 0 spiro atoms. The molecule has 1 aromatic heterocycles. The second kappa shape index (κ2) is 9.05. The quantitative estimate of drug-likeness (QED) is 0.742. The van der Waals surface area contributed by atoms with Crippen LogP contribution >= 0.6 is 11.8 Å². The molecule has 0 bridgehead atoms. The average Bonchev–Trinajstić information content (AvgIpc) is 3.04. The van der Waals surface area contributed by atoms with Gasteiger partial charge >= 0.3 is 5.69 Å². The first kappa shape index (κ1) is 18.7. The molecule has 2 heterocycles. The van der Waals surface area contributed by atoms with E-state index in [4.69, 9.17) is 4.74 Å². The maximum absolute atomic E-state index is 12.5. The summed E-state index contributed by atoms with van der Waals surface area (Å²) >= 11 is 1.30. The highest BCUT2D eigenvalue weighted by Gasteiger charge is 2.23. The Balaban J connectivity index is 1.56. The first-order chi connectivity index (χ1) is 12.7. The van der Waals surface area contributed by atoms with Crippen molar-refractivity contribution in [3.63, 3.8) is 0 Å². The first-order valence-corrected chi connectivity index (χ1v) is 9.87. The minimum Gasteiger partial charge on any atom is -0.375 e. The van der Waals surface area contributed by atoms with Gasteiger partial charge in [-0.1, -0.05) is 49.0 Å². The third-order valence-electron chi connectivity index (χ3n) is 4.46. The van der Waals surface area contributed by atoms with Gasteiger partial charge in [-0.05, 0) is 18.4 Å². The summed E-state index contributed by atoms with van der Waals surface area (Å²) in [5.41, 5.74) is 0.917. The van der Waals surface area contributed by atoms with Gasteiger partial charge in [0.2, 0.25) is 5.91 Å². The summed E-state index contributed by atoms with van der Waals surface area (Å²) in [6, 6.07) is 9.99. The van der Waals surface area contributed by atoms with Crippen LogP contribution in [0.5, 0.6) is 0 Å². The Morgan fingerprint density at radius 3 is 2.96 bits per heavy atom. The van der Waals surface area contributed by atoms with E-state index in [-0.39, 0.29) is 23.5 Å². The van der Waals surface area contributed by atoms with Crippen molar-refractivity contribution in [1.82, 2.24) is 19.7 Å². The Kier molecular flexibility index (Phi) is 6.51. The summed E-state index contributed by atoms with van der Waals surface area (Å²) in [6.07, 6.45) is 1.76. The number of aryl methyl sites for hydroxylation is 1. The van der Waals surface area contributed by atoms with Crippen LogP contribution in [0.2, 0.25) is 0 Å². The molecule has 1 amide bonds. The van der Waals surface area contributed by atoms with Gasteiger partial charge in [-0.25, -0.2) is 9.89 Å². The fourth-order valence-corrected chi connectivity index (χ4v) is 3.78. The lowest BCUT2D eigenvalue weighted by Crippen LogP contribution is -2.46. The fourth-order valence-electron chi connectivity index (χ4n) is 2.91. The number of H-pyrrole nitrogens is 1. The van der Waals surface area contributed by atoms with Crippen molar-refractivity contribution >= 4 is 17.7 Å². The number of carbonyl (C=O) groups excluding carboxylic acids is 1. The smallest absolute Gasteiger partial charge is 0.343 e. The SMILES string of the molecule is CCC1CN(C(=O)CSc2n[nH]c(=O)n2CCc2ccccc2)CCO1. The highest BCUT2D eigenvalue weighted by Crippen LogP contribution is 2.16. The second-order valence-electron chi connectivity index (χ2n) is 6.23. The summed E-state index contributed by atoms with van der Waals surface area (Å²) < 4.78 is 7.20. The molecular weight excluding hydrogens is 352 g/mol. The van der Waals surface area contributed by atoms with Crippen molar-refractivity contribution in [3.05, 3.63) is 46.4 Å². The van der Waals surface area contributed by atoms with Gasteiger partial charge in [0.25, 0.3) is 0 Å². The van der Waals surface area contributed by atoms with Gasteiger partial charge in [-0.15, -0.1) is 5.10 Å². The molecule has 3 rings (SSSR count). The number of hydrogen-bond donors (Lipinski definition) is 1. The lowest BCUT2D eigenvalue weighted by molar-refractivity contribution is -0.135. The molecule has 1 N–H and O–H groups in total. The van der Waals surface area contributed by atoms with Crippen LogP contribution in [0.15, 0.2) is 40.3 Å². The lowest BCUT2D eigenvalue weighted by Gasteiger charge is -2.32. The monoisotopic (exact) mass is 376 g/mol. The molecule has 1 fully saturated rings. The number of amides is 1. The summed E-state index contributed by atoms with van der Waals surface area (Å²) in [7, 11) is 0. The van der Waals surface area contributed by atoms with Crippen LogP contribution in [0.1, 0.15) is 18.9 Å². The Hall–Kier alpha value is -2.06. The normalized spacial score (nSPS) is 17.4. The number of morpholine rings is 1. The van der Waals surface area contributed by atoms with Crippen LogP contribution in [-0.2, 0) is 22.5 Å². The molecule has 26 heavy (non-hydrogen) atoms. The summed E-state index contributed by atoms with van der Waals surface area (Å²) in [4.78, 5) is 26.3. The number of ether oxygens (including phenoxy) is 1. The average molecular weight is 376 g/mol. The van der Waals surface area contributed by atoms with E-state index in [0.717, 1.165) is 18.4 Å². The van der Waals surface area contributed by atoms with E-state index in [1.165, 1.54) is 11.8 Å². The molecule has 8 heteroatoms. The number of carbonyl (C=O) groups is 1. The summed E-state index contributed by atoms with van der Waals surface area (Å²) in [5.74, 6) is 0.327. The minimum absolute atomic E-state index is 0.0572. The Bertz CT molecular complexity index is 774. The zero-order valence-electron chi connectivity index (χ0n) is 14.9. The number of thioether (sulfide) groups is 1. The van der Waals surface area contributed by atoms with Gasteiger partial charge in [0, 0.05) is 19.6 Å². The molecule has 140 valence electrons. The largest absolute Gasteiger partial charge is 0.375 e. The van der Waals surface area contributed by atoms with E-state index >= 15 is 0 Å². The van der Waals surface area contributed by atoms with Crippen molar-refractivity contribution in [2.45, 2.75) is 37.6 Å². The molecule has 1 atom stereocenters. The number of benzene rings is 1. The number of aromatic amines is 1. The molecule has 1 aromatic carbocycles. The number of aromatic nitrogens is 3. The number of rotatable bonds is 7. The van der Waals surface area contributed by atoms with E-state index in [1.807, 2.05) is 35.2 Å². The molecule has 1 saturated heterocycles. The summed E-state index contributed by atoms with van der Waals surface area (Å²) in [5, 5.41) is 7.11. The first-order valence-electron chi connectivity index (χ1n) is 8.88. The van der Waals surface area contributed by atoms with E-state index < -0.39 is 0 Å². The van der Waals surface area contributed by atoms with Gasteiger partial charge in [-0.3, -0.25) is 9.36 Å². The maximum Gasteiger partial charge on any atom is 0.343 e. The Morgan fingerprint density at radius 1 is 1.38 bits per heavy atom. The second-order valence-corrected chi connectivity index (χ2v) is 7.17. The van der Waals surface area contributed by atoms with E-state index in [2.05, 4.69) is 17.1 Å². The van der Waals surface area contributed by atoms with Crippen LogP contribution in [-0.4, -0.2) is 57.1 Å². The van der Waals surface area contributed by atoms with Crippen molar-refractivity contribution in [3.8, 4) is 0 Å². The standard InChI is InChI=1S/C18H24N4O3S/c1-2-15-12-21(10-11-25-15)16(23)13-26-18-20-19-17(24)22(18)9-8-14-6-4-3-5-7-14/h3-7,15H,2,8-13H2,1H3,(H,19,24). The number of hydrogen-bond acceptors (Lipinski definition) is 5. The van der Waals surface area contributed by atoms with Crippen molar-refractivity contribution < 1.29 is 9.53 Å². The molecule has 1 aliphatic heterocycles. The highest BCUT2D eigenvalue weighted by atomic mass is 32.2. The lowest BCUT2D eigenvalue weighted by atomic mass is 10.1. The third-order valence-corrected chi connectivity index (χ3v) is 5.42. The highest BCUT2D eigenvalue weighted by molar-refractivity contribution is 7.99. The third kappa shape index (κ3) is 4.76. The molecule has 7 nitrogen and oxygen atoms in total. The molecule has 0 saturated carbocycles. The van der Waals surface area contributed by atoms with Gasteiger partial charge < -0.3 is 9.64 Å². The van der Waals surface area contributed by atoms with Gasteiger partial charge in [0.1, 0.15) is 0 Å². The minimum atomic E-state index is -0.242. The van der Waals surface area contributed by atoms with E-state index in [9.17, 15) is 9.59 Å². The van der Waals surface area contributed by atoms with Crippen LogP contribution in [0.3, 0.4) is 0 Å². The van der Waals surface area contributed by atoms with E-state index in [1.54, 1.807) is 4.57 Å². The van der Waals surface area contributed by atoms with Gasteiger partial charge in [0.05, 0.1) is 18.5 Å². The predicted octanol–water partition coefficient (Wildman–Crippen LogP) is 1.54. The molecule has 2 aromatic rings. The van der Waals surface area contributed by atoms with Crippen LogP contribution in [0, 0.1) is 0 Å². The topological polar surface area (TPSA) is 80.2 Å². The Morgan fingerprint density at radius 2 is 2.19 bits per heavy atom. The number of nitrogens with zero attached hydrogens (tertiary/aromatic N) is 3. The molecular formula is C18H24N4O3S. The molecule has 1 aliphatic rings. The summed E-state index contributed by atoms with van der Waals surface area (Å²) in [6.45, 7) is 4.43. The maximum atomic E-state index is 12.5. The molecule has 0 radical (unpaired) electrons. The van der Waals surface area contributed by atoms with Gasteiger partial charge in [0.15, 0.2) is 5.16 Å². The van der Waals surface area contributed by atoms with E-state index in [0.29, 0.717) is 31.4 Å². The predicted molar refractivity (Wildman–Crippen MR) is 100 cm³/mol. The van der Waals surface area contributed by atoms with Crippen LogP contribution in [0.25, 0.3) is 0 Å². The fraction of sp³-hybridized carbons (Fsp3) is 0.500. The van der Waals surface area contributed by atoms with Crippen molar-refractivity contribution in [2.75, 3.05) is 25.4 Å². The number of nitrogens with one attached hydrogen (secondary N) is 1. The Labute approximate surface area is 156 Å². The molecule has 1 unspecified atom stereocenters. The van der Waals surface area contributed by atoms with Crippen molar-refractivity contribution in [2.24, 2.45) is 0 Å². The van der Waals surface area contributed by atoms with Crippen LogP contribution in [0.4, 0.5) is 0 Å². The van der Waals surface area contributed by atoms with Crippen molar-refractivity contribution in [1.29, 1.82) is 0 Å². The van der Waals surface area contributed by atoms with Crippen LogP contribution < -0.4 is 5.69 Å². The zero-order chi connectivity index (χ0) is 18.4. The molecule has 0 aliphatic carbocycles. The zero-order valence-corrected chi connectivity index (χ0v) is 15.7. The van der Waals surface area contributed by atoms with Gasteiger partial charge in [-0.2, -0.15) is 0 Å².